The van der Waals surface area contributed by atoms with Gasteiger partial charge in [0, 0.05) is 17.9 Å². The number of aliphatic imine (C=N–C) groups is 2. The lowest BCUT2D eigenvalue weighted by molar-refractivity contribution is -0.384. The minimum Gasteiger partial charge on any atom is -0.258 e. The molecule has 6 heteroatoms. The van der Waals surface area contributed by atoms with E-state index < -0.39 is 4.92 Å². The van der Waals surface area contributed by atoms with Gasteiger partial charge in [0.2, 0.25) is 0 Å². The van der Waals surface area contributed by atoms with Gasteiger partial charge in [-0.15, -0.1) is 0 Å². The highest BCUT2D eigenvalue weighted by Gasteiger charge is 2.16. The Bertz CT molecular complexity index is 826. The van der Waals surface area contributed by atoms with Gasteiger partial charge in [0.25, 0.3) is 5.69 Å². The average molecular weight is 325 g/mol. The van der Waals surface area contributed by atoms with Gasteiger partial charge < -0.3 is 0 Å². The predicted molar refractivity (Wildman–Crippen MR) is 95.1 cm³/mol. The summed E-state index contributed by atoms with van der Waals surface area (Å²) in [5, 5.41) is 11.4. The van der Waals surface area contributed by atoms with Crippen molar-refractivity contribution in [3.05, 3.63) is 69.3 Å². The second-order valence-corrected chi connectivity index (χ2v) is 6.21. The van der Waals surface area contributed by atoms with Crippen LogP contribution in [0, 0.1) is 24.0 Å². The topological polar surface area (TPSA) is 67.9 Å². The van der Waals surface area contributed by atoms with Gasteiger partial charge in [0.15, 0.2) is 5.17 Å². The number of rotatable bonds is 3. The first kappa shape index (κ1) is 15.4. The molecule has 5 nitrogen and oxygen atoms in total. The van der Waals surface area contributed by atoms with E-state index in [1.807, 2.05) is 12.1 Å². The largest absolute Gasteiger partial charge is 0.269 e. The monoisotopic (exact) mass is 325 g/mol. The van der Waals surface area contributed by atoms with Crippen molar-refractivity contribution in [3.8, 4) is 0 Å². The molecule has 1 heterocycles. The van der Waals surface area contributed by atoms with E-state index >= 15 is 0 Å². The van der Waals surface area contributed by atoms with Gasteiger partial charge >= 0.3 is 0 Å². The van der Waals surface area contributed by atoms with Crippen molar-refractivity contribution in [2.45, 2.75) is 13.8 Å². The highest BCUT2D eigenvalue weighted by atomic mass is 32.2. The average Bonchev–Trinajstić information content (AvgIpc) is 3.00. The maximum Gasteiger partial charge on any atom is 0.269 e. The van der Waals surface area contributed by atoms with Crippen molar-refractivity contribution in [2.75, 3.05) is 5.75 Å². The first-order valence-electron chi connectivity index (χ1n) is 7.14. The van der Waals surface area contributed by atoms with Crippen LogP contribution in [-0.4, -0.2) is 21.6 Å². The third kappa shape index (κ3) is 3.32. The fraction of sp³-hybridized carbons (Fsp3) is 0.176. The summed E-state index contributed by atoms with van der Waals surface area (Å²) in [5.74, 6) is 0.724. The van der Waals surface area contributed by atoms with E-state index in [1.165, 1.54) is 17.7 Å². The van der Waals surface area contributed by atoms with Gasteiger partial charge in [-0.25, -0.2) is 9.98 Å². The zero-order chi connectivity index (χ0) is 16.4. The van der Waals surface area contributed by atoms with Crippen LogP contribution in [0.15, 0.2) is 52.4 Å². The number of amidine groups is 1. The van der Waals surface area contributed by atoms with Crippen LogP contribution in [0.3, 0.4) is 0 Å². The molecule has 0 aromatic heterocycles. The number of aryl methyl sites for hydroxylation is 1. The molecule has 0 bridgehead atoms. The number of benzene rings is 2. The Morgan fingerprint density at radius 3 is 2.61 bits per heavy atom. The summed E-state index contributed by atoms with van der Waals surface area (Å²) in [4.78, 5) is 19.5. The molecular formula is C17H15N3O2S. The highest BCUT2D eigenvalue weighted by Crippen LogP contribution is 2.27. The molecular weight excluding hydrogens is 310 g/mol. The summed E-state index contributed by atoms with van der Waals surface area (Å²) in [5.41, 5.74) is 5.17. The van der Waals surface area contributed by atoms with Crippen LogP contribution in [0.1, 0.15) is 16.7 Å². The quantitative estimate of drug-likeness (QED) is 0.619. The van der Waals surface area contributed by atoms with Crippen molar-refractivity contribution in [3.63, 3.8) is 0 Å². The zero-order valence-corrected chi connectivity index (χ0v) is 13.6. The van der Waals surface area contributed by atoms with Crippen molar-refractivity contribution in [1.29, 1.82) is 0 Å². The summed E-state index contributed by atoms with van der Waals surface area (Å²) in [6.45, 7) is 4.11. The third-order valence-corrected chi connectivity index (χ3v) is 4.63. The number of hydrogen-bond donors (Lipinski definition) is 0. The fourth-order valence-electron chi connectivity index (χ4n) is 2.25. The molecule has 0 unspecified atom stereocenters. The smallest absolute Gasteiger partial charge is 0.258 e. The van der Waals surface area contributed by atoms with Gasteiger partial charge in [0.05, 0.1) is 16.3 Å². The highest BCUT2D eigenvalue weighted by molar-refractivity contribution is 8.15. The van der Waals surface area contributed by atoms with Crippen LogP contribution in [0.4, 0.5) is 11.4 Å². The summed E-state index contributed by atoms with van der Waals surface area (Å²) in [7, 11) is 0. The van der Waals surface area contributed by atoms with Crippen LogP contribution < -0.4 is 0 Å². The number of nitro groups is 1. The van der Waals surface area contributed by atoms with Crippen molar-refractivity contribution >= 4 is 34.0 Å². The van der Waals surface area contributed by atoms with Gasteiger partial charge in [-0.1, -0.05) is 23.9 Å². The summed E-state index contributed by atoms with van der Waals surface area (Å²) in [6, 6.07) is 12.5. The first-order valence-corrected chi connectivity index (χ1v) is 8.13. The van der Waals surface area contributed by atoms with Crippen molar-refractivity contribution < 1.29 is 4.92 Å². The Morgan fingerprint density at radius 2 is 1.91 bits per heavy atom. The lowest BCUT2D eigenvalue weighted by atomic mass is 10.1. The molecule has 0 saturated carbocycles. The minimum absolute atomic E-state index is 0.0873. The molecule has 0 fully saturated rings. The molecule has 0 amide bonds. The Morgan fingerprint density at radius 1 is 1.17 bits per heavy atom. The summed E-state index contributed by atoms with van der Waals surface area (Å²) >= 11 is 1.58. The fourth-order valence-corrected chi connectivity index (χ4v) is 3.09. The molecule has 0 N–H and O–H groups in total. The molecule has 1 aliphatic rings. The number of nitrogens with zero attached hydrogens (tertiary/aromatic N) is 3. The summed E-state index contributed by atoms with van der Waals surface area (Å²) < 4.78 is 0. The van der Waals surface area contributed by atoms with E-state index in [4.69, 9.17) is 0 Å². The second kappa shape index (κ2) is 6.34. The molecule has 3 rings (SSSR count). The van der Waals surface area contributed by atoms with E-state index in [2.05, 4.69) is 29.9 Å². The van der Waals surface area contributed by atoms with E-state index in [0.29, 0.717) is 0 Å². The standard InChI is InChI=1S/C17H15N3O2S/c1-11-4-3-5-15(12(11)2)18-17-19-16(10-23-17)13-6-8-14(9-7-13)20(21)22/h3-9H,10H2,1-2H3. The molecule has 2 aromatic rings. The maximum absolute atomic E-state index is 10.7. The van der Waals surface area contributed by atoms with E-state index in [9.17, 15) is 10.1 Å². The molecule has 0 atom stereocenters. The Hall–Kier alpha value is -2.47. The molecule has 116 valence electrons. The van der Waals surface area contributed by atoms with Crippen LogP contribution in [0.2, 0.25) is 0 Å². The van der Waals surface area contributed by atoms with Gasteiger partial charge in [0.1, 0.15) is 0 Å². The Labute approximate surface area is 138 Å². The van der Waals surface area contributed by atoms with Gasteiger partial charge in [-0.3, -0.25) is 10.1 Å². The first-order chi connectivity index (χ1) is 11.0. The van der Waals surface area contributed by atoms with Crippen LogP contribution >= 0.6 is 11.8 Å². The lowest BCUT2D eigenvalue weighted by Gasteiger charge is -2.03. The Balaban J connectivity index is 1.87. The van der Waals surface area contributed by atoms with Gasteiger partial charge in [-0.05, 0) is 48.7 Å². The number of hydrogen-bond acceptors (Lipinski definition) is 4. The number of nitro benzene ring substituents is 1. The third-order valence-electron chi connectivity index (χ3n) is 3.77. The molecule has 0 saturated heterocycles. The Kier molecular flexibility index (Phi) is 4.25. The SMILES string of the molecule is Cc1cccc(N=C2N=C(c3ccc([N+](=O)[O-])cc3)CS2)c1C. The van der Waals surface area contributed by atoms with Gasteiger partial charge in [-0.2, -0.15) is 0 Å². The molecule has 1 aliphatic heterocycles. The molecule has 0 radical (unpaired) electrons. The van der Waals surface area contributed by atoms with Crippen molar-refractivity contribution in [2.24, 2.45) is 9.98 Å². The van der Waals surface area contributed by atoms with E-state index in [-0.39, 0.29) is 5.69 Å². The second-order valence-electron chi connectivity index (χ2n) is 5.26. The molecule has 23 heavy (non-hydrogen) atoms. The van der Waals surface area contributed by atoms with E-state index in [1.54, 1.807) is 23.9 Å². The normalized spacial score (nSPS) is 15.7. The molecule has 0 aliphatic carbocycles. The van der Waals surface area contributed by atoms with Crippen LogP contribution in [0.5, 0.6) is 0 Å². The van der Waals surface area contributed by atoms with E-state index in [0.717, 1.165) is 33.4 Å². The number of thioether (sulfide) groups is 1. The maximum atomic E-state index is 10.7. The lowest BCUT2D eigenvalue weighted by Crippen LogP contribution is -1.99. The summed E-state index contributed by atoms with van der Waals surface area (Å²) in [6.07, 6.45) is 0. The minimum atomic E-state index is -0.400. The van der Waals surface area contributed by atoms with Crippen molar-refractivity contribution in [1.82, 2.24) is 0 Å². The zero-order valence-electron chi connectivity index (χ0n) is 12.8. The van der Waals surface area contributed by atoms with Crippen LogP contribution in [-0.2, 0) is 0 Å². The molecule has 0 spiro atoms. The predicted octanol–water partition coefficient (Wildman–Crippen LogP) is 4.44. The number of non-ortho nitro benzene ring substituents is 1. The van der Waals surface area contributed by atoms with Crippen LogP contribution in [0.25, 0.3) is 0 Å². The molecule has 2 aromatic carbocycles.